The number of hydrogen-bond acceptors (Lipinski definition) is 5. The first-order valence-electron chi connectivity index (χ1n) is 12.1. The molecule has 0 saturated carbocycles. The molecule has 192 valence electrons. The second-order valence-electron chi connectivity index (χ2n) is 8.31. The minimum atomic E-state index is -0.398. The van der Waals surface area contributed by atoms with E-state index in [1.54, 1.807) is 23.8 Å². The van der Waals surface area contributed by atoms with Crippen LogP contribution in [-0.2, 0) is 17.7 Å². The molecule has 0 fully saturated rings. The number of benzene rings is 3. The van der Waals surface area contributed by atoms with Crippen LogP contribution in [0.5, 0.6) is 17.4 Å². The van der Waals surface area contributed by atoms with Gasteiger partial charge in [-0.25, -0.2) is 9.07 Å². The number of halogens is 1. The van der Waals surface area contributed by atoms with Gasteiger partial charge in [0.05, 0.1) is 37.2 Å². The van der Waals surface area contributed by atoms with Crippen LogP contribution in [0.4, 0.5) is 4.39 Å². The van der Waals surface area contributed by atoms with E-state index in [0.29, 0.717) is 42.5 Å². The van der Waals surface area contributed by atoms with Gasteiger partial charge in [-0.15, -0.1) is 0 Å². The second kappa shape index (κ2) is 12.2. The Morgan fingerprint density at radius 2 is 1.62 bits per heavy atom. The van der Waals surface area contributed by atoms with E-state index in [1.165, 1.54) is 24.3 Å². The molecule has 0 unspecified atom stereocenters. The standard InChI is InChI=1S/C29H30FN3O4/c1-4-25-24(20-32(18-19-35-2)28(34)21-14-16-22(30)17-15-21)29(33(31-25)23-10-6-5-7-11-23)37-27-13-9-8-12-26(27)36-3/h5-17H,4,18-20H2,1-3H3. The molecule has 0 saturated heterocycles. The molecule has 7 nitrogen and oxygen atoms in total. The van der Waals surface area contributed by atoms with Gasteiger partial charge < -0.3 is 19.1 Å². The average Bonchev–Trinajstić information content (AvgIpc) is 3.28. The molecule has 0 aliphatic heterocycles. The van der Waals surface area contributed by atoms with Crippen LogP contribution in [0.3, 0.4) is 0 Å². The number of hydrogen-bond donors (Lipinski definition) is 0. The summed E-state index contributed by atoms with van der Waals surface area (Å²) in [4.78, 5) is 15.1. The van der Waals surface area contributed by atoms with Crippen molar-refractivity contribution in [2.24, 2.45) is 0 Å². The molecule has 3 aromatic carbocycles. The van der Waals surface area contributed by atoms with Gasteiger partial charge >= 0.3 is 0 Å². The predicted octanol–water partition coefficient (Wildman–Crippen LogP) is 5.66. The highest BCUT2D eigenvalue weighted by Gasteiger charge is 2.26. The Morgan fingerprint density at radius 3 is 2.27 bits per heavy atom. The van der Waals surface area contributed by atoms with Crippen molar-refractivity contribution in [1.82, 2.24) is 14.7 Å². The Balaban J connectivity index is 1.80. The quantitative estimate of drug-likeness (QED) is 0.264. The second-order valence-corrected chi connectivity index (χ2v) is 8.31. The number of methoxy groups -OCH3 is 2. The summed E-state index contributed by atoms with van der Waals surface area (Å²) in [5.41, 5.74) is 2.77. The third-order valence-electron chi connectivity index (χ3n) is 5.92. The summed E-state index contributed by atoms with van der Waals surface area (Å²) in [5.74, 6) is 0.951. The van der Waals surface area contributed by atoms with Gasteiger partial charge in [0.2, 0.25) is 5.88 Å². The van der Waals surface area contributed by atoms with E-state index >= 15 is 0 Å². The number of rotatable bonds is 11. The van der Waals surface area contributed by atoms with Crippen molar-refractivity contribution in [2.75, 3.05) is 27.4 Å². The van der Waals surface area contributed by atoms with Gasteiger partial charge in [0, 0.05) is 19.2 Å². The fourth-order valence-electron chi connectivity index (χ4n) is 4.00. The van der Waals surface area contributed by atoms with Crippen LogP contribution in [0, 0.1) is 5.82 Å². The molecule has 1 heterocycles. The third kappa shape index (κ3) is 5.98. The van der Waals surface area contributed by atoms with Crippen molar-refractivity contribution >= 4 is 5.91 Å². The molecule has 0 bridgehead atoms. The maximum absolute atomic E-state index is 13.5. The topological polar surface area (TPSA) is 65.8 Å². The van der Waals surface area contributed by atoms with E-state index in [2.05, 4.69) is 0 Å². The number of amides is 1. The Hall–Kier alpha value is -4.17. The summed E-state index contributed by atoms with van der Waals surface area (Å²) in [6.45, 7) is 2.90. The fourth-order valence-corrected chi connectivity index (χ4v) is 4.00. The molecule has 0 atom stereocenters. The van der Waals surface area contributed by atoms with Gasteiger partial charge in [0.1, 0.15) is 5.82 Å². The molecule has 37 heavy (non-hydrogen) atoms. The van der Waals surface area contributed by atoms with Gasteiger partial charge in [-0.05, 0) is 55.0 Å². The SMILES string of the molecule is CCc1nn(-c2ccccc2)c(Oc2ccccc2OC)c1CN(CCOC)C(=O)c1ccc(F)cc1. The van der Waals surface area contributed by atoms with Gasteiger partial charge in [0.25, 0.3) is 5.91 Å². The Morgan fingerprint density at radius 1 is 0.946 bits per heavy atom. The normalized spacial score (nSPS) is 10.8. The highest BCUT2D eigenvalue weighted by atomic mass is 19.1. The summed E-state index contributed by atoms with van der Waals surface area (Å²) >= 11 is 0. The molecule has 4 aromatic rings. The maximum Gasteiger partial charge on any atom is 0.254 e. The number of aryl methyl sites for hydroxylation is 1. The number of ether oxygens (including phenoxy) is 3. The number of nitrogens with zero attached hydrogens (tertiary/aromatic N) is 3. The molecule has 1 amide bonds. The Kier molecular flexibility index (Phi) is 8.53. The van der Waals surface area contributed by atoms with Crippen molar-refractivity contribution in [3.8, 4) is 23.1 Å². The van der Waals surface area contributed by atoms with E-state index in [9.17, 15) is 9.18 Å². The van der Waals surface area contributed by atoms with Crippen LogP contribution in [0.2, 0.25) is 0 Å². The maximum atomic E-state index is 13.5. The van der Waals surface area contributed by atoms with Gasteiger partial charge in [-0.1, -0.05) is 37.3 Å². The first kappa shape index (κ1) is 25.9. The minimum Gasteiger partial charge on any atom is -0.493 e. The highest BCUT2D eigenvalue weighted by Crippen LogP contribution is 2.36. The molecule has 0 aliphatic rings. The van der Waals surface area contributed by atoms with Crippen molar-refractivity contribution in [3.63, 3.8) is 0 Å². The summed E-state index contributed by atoms with van der Waals surface area (Å²) in [6, 6.07) is 22.6. The van der Waals surface area contributed by atoms with Gasteiger partial charge in [-0.3, -0.25) is 4.79 Å². The van der Waals surface area contributed by atoms with Crippen LogP contribution in [0.25, 0.3) is 5.69 Å². The van der Waals surface area contributed by atoms with Crippen molar-refractivity contribution < 1.29 is 23.4 Å². The highest BCUT2D eigenvalue weighted by molar-refractivity contribution is 5.94. The number of carbonyl (C=O) groups excluding carboxylic acids is 1. The van der Waals surface area contributed by atoms with Crippen LogP contribution in [-0.4, -0.2) is 48.0 Å². The minimum absolute atomic E-state index is 0.222. The molecule has 0 aliphatic carbocycles. The van der Waals surface area contributed by atoms with E-state index in [-0.39, 0.29) is 12.5 Å². The number of aromatic nitrogens is 2. The van der Waals surface area contributed by atoms with E-state index < -0.39 is 5.82 Å². The summed E-state index contributed by atoms with van der Waals surface area (Å²) < 4.78 is 32.5. The zero-order chi connectivity index (χ0) is 26.2. The zero-order valence-electron chi connectivity index (χ0n) is 21.2. The van der Waals surface area contributed by atoms with Crippen molar-refractivity contribution in [3.05, 3.63) is 102 Å². The fraction of sp³-hybridized carbons (Fsp3) is 0.241. The molecular formula is C29H30FN3O4. The van der Waals surface area contributed by atoms with Crippen LogP contribution in [0.15, 0.2) is 78.9 Å². The van der Waals surface area contributed by atoms with Crippen LogP contribution < -0.4 is 9.47 Å². The van der Waals surface area contributed by atoms with Gasteiger partial charge in [-0.2, -0.15) is 5.10 Å². The average molecular weight is 504 g/mol. The lowest BCUT2D eigenvalue weighted by Crippen LogP contribution is -2.33. The molecule has 8 heteroatoms. The molecule has 0 radical (unpaired) electrons. The van der Waals surface area contributed by atoms with Gasteiger partial charge in [0.15, 0.2) is 11.5 Å². The summed E-state index contributed by atoms with van der Waals surface area (Å²) in [5, 5.41) is 4.86. The number of para-hydroxylation sites is 3. The van der Waals surface area contributed by atoms with E-state index in [0.717, 1.165) is 16.9 Å². The zero-order valence-corrected chi connectivity index (χ0v) is 21.2. The summed E-state index contributed by atoms with van der Waals surface area (Å²) in [6.07, 6.45) is 0.625. The summed E-state index contributed by atoms with van der Waals surface area (Å²) in [7, 11) is 3.17. The first-order valence-corrected chi connectivity index (χ1v) is 12.1. The molecule has 0 spiro atoms. The monoisotopic (exact) mass is 503 g/mol. The molecule has 0 N–H and O–H groups in total. The largest absolute Gasteiger partial charge is 0.493 e. The Labute approximate surface area is 216 Å². The van der Waals surface area contributed by atoms with Crippen LogP contribution in [0.1, 0.15) is 28.5 Å². The predicted molar refractivity (Wildman–Crippen MR) is 139 cm³/mol. The molecule has 1 aromatic heterocycles. The van der Waals surface area contributed by atoms with E-state index in [1.807, 2.05) is 61.5 Å². The smallest absolute Gasteiger partial charge is 0.254 e. The first-order chi connectivity index (χ1) is 18.0. The Bertz CT molecular complexity index is 1320. The van der Waals surface area contributed by atoms with Crippen molar-refractivity contribution in [1.29, 1.82) is 0 Å². The van der Waals surface area contributed by atoms with Crippen molar-refractivity contribution in [2.45, 2.75) is 19.9 Å². The number of carbonyl (C=O) groups is 1. The third-order valence-corrected chi connectivity index (χ3v) is 5.92. The molecular weight excluding hydrogens is 473 g/mol. The van der Waals surface area contributed by atoms with E-state index in [4.69, 9.17) is 19.3 Å². The lowest BCUT2D eigenvalue weighted by Gasteiger charge is -2.23. The lowest BCUT2D eigenvalue weighted by atomic mass is 10.1. The van der Waals surface area contributed by atoms with Crippen LogP contribution >= 0.6 is 0 Å². The molecule has 4 rings (SSSR count). The lowest BCUT2D eigenvalue weighted by molar-refractivity contribution is 0.0679.